The smallest absolute Gasteiger partial charge is 0.391 e. The van der Waals surface area contributed by atoms with Gasteiger partial charge in [0.15, 0.2) is 5.89 Å². The predicted molar refractivity (Wildman–Crippen MR) is 63.6 cm³/mol. The van der Waals surface area contributed by atoms with Gasteiger partial charge in [-0.05, 0) is 25.7 Å². The van der Waals surface area contributed by atoms with E-state index < -0.39 is 24.0 Å². The molecule has 0 bridgehead atoms. The Bertz CT molecular complexity index is 496. The maximum atomic E-state index is 12.8. The van der Waals surface area contributed by atoms with E-state index >= 15 is 0 Å². The van der Waals surface area contributed by atoms with Crippen molar-refractivity contribution in [2.75, 3.05) is 0 Å². The van der Waals surface area contributed by atoms with E-state index in [1.165, 1.54) is 0 Å². The molecule has 1 saturated carbocycles. The van der Waals surface area contributed by atoms with Crippen molar-refractivity contribution in [3.63, 3.8) is 0 Å². The number of halogens is 3. The van der Waals surface area contributed by atoms with Gasteiger partial charge in [-0.15, -0.1) is 0 Å². The van der Waals surface area contributed by atoms with Gasteiger partial charge in [0.2, 0.25) is 5.76 Å². The molecule has 1 aliphatic rings. The number of nitrogens with zero attached hydrogens (tertiary/aromatic N) is 1. The molecule has 4 nitrogen and oxygen atoms in total. The second kappa shape index (κ2) is 5.46. The summed E-state index contributed by atoms with van der Waals surface area (Å²) in [6.07, 6.45) is -2.80. The van der Waals surface area contributed by atoms with Crippen LogP contribution in [0, 0.1) is 5.92 Å². The van der Waals surface area contributed by atoms with E-state index in [1.807, 2.05) is 0 Å². The summed E-state index contributed by atoms with van der Waals surface area (Å²) in [7, 11) is 0. The number of aryl methyl sites for hydroxylation is 1. The molecule has 0 spiro atoms. The van der Waals surface area contributed by atoms with Gasteiger partial charge in [0.25, 0.3) is 0 Å². The highest BCUT2D eigenvalue weighted by Gasteiger charge is 2.43. The van der Waals surface area contributed by atoms with Gasteiger partial charge in [-0.3, -0.25) is 0 Å². The van der Waals surface area contributed by atoms with E-state index in [4.69, 9.17) is 9.52 Å². The maximum absolute atomic E-state index is 12.8. The third kappa shape index (κ3) is 2.96. The molecule has 1 aromatic rings. The molecule has 112 valence electrons. The molecule has 0 aliphatic heterocycles. The Morgan fingerprint density at radius 2 is 2.15 bits per heavy atom. The SMILES string of the molecule is CCc1nc(C2CCCC(C(F)(F)F)C2)oc1C(=O)O. The Labute approximate surface area is 114 Å². The van der Waals surface area contributed by atoms with Gasteiger partial charge in [-0.1, -0.05) is 13.3 Å². The van der Waals surface area contributed by atoms with Gasteiger partial charge in [0.1, 0.15) is 0 Å². The van der Waals surface area contributed by atoms with Crippen molar-refractivity contribution < 1.29 is 27.5 Å². The number of hydrogen-bond acceptors (Lipinski definition) is 3. The summed E-state index contributed by atoms with van der Waals surface area (Å²) in [5.41, 5.74) is 0.293. The number of aromatic nitrogens is 1. The number of alkyl halides is 3. The number of carboxylic acids is 1. The second-order valence-electron chi connectivity index (χ2n) is 5.09. The van der Waals surface area contributed by atoms with Crippen LogP contribution in [0.25, 0.3) is 0 Å². The normalized spacial score (nSPS) is 23.8. The Morgan fingerprint density at radius 1 is 1.45 bits per heavy atom. The van der Waals surface area contributed by atoms with Crippen LogP contribution >= 0.6 is 0 Å². The number of carbonyl (C=O) groups is 1. The minimum absolute atomic E-state index is 0.0772. The summed E-state index contributed by atoms with van der Waals surface area (Å²) in [6.45, 7) is 1.73. The largest absolute Gasteiger partial charge is 0.475 e. The monoisotopic (exact) mass is 291 g/mol. The summed E-state index contributed by atoms with van der Waals surface area (Å²) in [5.74, 6) is -3.16. The highest BCUT2D eigenvalue weighted by atomic mass is 19.4. The summed E-state index contributed by atoms with van der Waals surface area (Å²) < 4.78 is 43.5. The fourth-order valence-corrected chi connectivity index (χ4v) is 2.66. The van der Waals surface area contributed by atoms with Crippen molar-refractivity contribution in [1.29, 1.82) is 0 Å². The highest BCUT2D eigenvalue weighted by molar-refractivity contribution is 5.85. The van der Waals surface area contributed by atoms with E-state index in [1.54, 1.807) is 6.92 Å². The number of oxazole rings is 1. The van der Waals surface area contributed by atoms with Crippen LogP contribution in [0.2, 0.25) is 0 Å². The molecule has 1 fully saturated rings. The molecule has 2 unspecified atom stereocenters. The molecule has 0 aromatic carbocycles. The third-order valence-corrected chi connectivity index (χ3v) is 3.73. The lowest BCUT2D eigenvalue weighted by Crippen LogP contribution is -2.28. The van der Waals surface area contributed by atoms with Crippen LogP contribution in [0.1, 0.15) is 60.7 Å². The number of hydrogen-bond donors (Lipinski definition) is 1. The Hall–Kier alpha value is -1.53. The number of aromatic carboxylic acids is 1. The van der Waals surface area contributed by atoms with Gasteiger partial charge in [0, 0.05) is 5.92 Å². The minimum atomic E-state index is -4.21. The molecule has 0 saturated heterocycles. The first-order valence-electron chi connectivity index (χ1n) is 6.62. The lowest BCUT2D eigenvalue weighted by Gasteiger charge is -2.28. The average molecular weight is 291 g/mol. The van der Waals surface area contributed by atoms with E-state index in [9.17, 15) is 18.0 Å². The maximum Gasteiger partial charge on any atom is 0.391 e. The molecular weight excluding hydrogens is 275 g/mol. The van der Waals surface area contributed by atoms with Gasteiger partial charge < -0.3 is 9.52 Å². The Balaban J connectivity index is 2.21. The third-order valence-electron chi connectivity index (χ3n) is 3.73. The number of rotatable bonds is 3. The van der Waals surface area contributed by atoms with E-state index in [0.717, 1.165) is 0 Å². The molecule has 1 aliphatic carbocycles. The lowest BCUT2D eigenvalue weighted by atomic mass is 9.81. The zero-order valence-electron chi connectivity index (χ0n) is 11.0. The fraction of sp³-hybridized carbons (Fsp3) is 0.692. The van der Waals surface area contributed by atoms with E-state index in [0.29, 0.717) is 25.0 Å². The van der Waals surface area contributed by atoms with Crippen molar-refractivity contribution >= 4 is 5.97 Å². The topological polar surface area (TPSA) is 63.3 Å². The van der Waals surface area contributed by atoms with Crippen LogP contribution < -0.4 is 0 Å². The van der Waals surface area contributed by atoms with Crippen molar-refractivity contribution in [2.45, 2.75) is 51.1 Å². The number of carboxylic acid groups (broad SMARTS) is 1. The quantitative estimate of drug-likeness (QED) is 0.920. The Morgan fingerprint density at radius 3 is 2.65 bits per heavy atom. The summed E-state index contributed by atoms with van der Waals surface area (Å²) >= 11 is 0. The van der Waals surface area contributed by atoms with Gasteiger partial charge >= 0.3 is 12.1 Å². The first-order chi connectivity index (χ1) is 9.32. The summed E-state index contributed by atoms with van der Waals surface area (Å²) in [4.78, 5) is 15.1. The zero-order valence-corrected chi connectivity index (χ0v) is 11.0. The van der Waals surface area contributed by atoms with Crippen LogP contribution in [-0.2, 0) is 6.42 Å². The van der Waals surface area contributed by atoms with Crippen LogP contribution in [0.4, 0.5) is 13.2 Å². The molecule has 2 atom stereocenters. The first-order valence-corrected chi connectivity index (χ1v) is 6.62. The predicted octanol–water partition coefficient (Wildman–Crippen LogP) is 3.77. The van der Waals surface area contributed by atoms with Crippen LogP contribution in [0.15, 0.2) is 4.42 Å². The lowest BCUT2D eigenvalue weighted by molar-refractivity contribution is -0.183. The van der Waals surface area contributed by atoms with Gasteiger partial charge in [-0.2, -0.15) is 13.2 Å². The van der Waals surface area contributed by atoms with Crippen molar-refractivity contribution in [1.82, 2.24) is 4.98 Å². The molecule has 1 aromatic heterocycles. The standard InChI is InChI=1S/C13H16F3NO3/c1-2-9-10(12(18)19)20-11(17-9)7-4-3-5-8(6-7)13(14,15)16/h7-8H,2-6H2,1H3,(H,18,19). The van der Waals surface area contributed by atoms with Gasteiger partial charge in [0.05, 0.1) is 11.6 Å². The minimum Gasteiger partial charge on any atom is -0.475 e. The molecule has 20 heavy (non-hydrogen) atoms. The van der Waals surface area contributed by atoms with Crippen molar-refractivity contribution in [2.24, 2.45) is 5.92 Å². The Kier molecular flexibility index (Phi) is 4.06. The van der Waals surface area contributed by atoms with Crippen LogP contribution in [0.3, 0.4) is 0 Å². The van der Waals surface area contributed by atoms with Crippen LogP contribution in [0.5, 0.6) is 0 Å². The molecular formula is C13H16F3NO3. The highest BCUT2D eigenvalue weighted by Crippen LogP contribution is 2.43. The molecule has 7 heteroatoms. The van der Waals surface area contributed by atoms with E-state index in [-0.39, 0.29) is 24.5 Å². The van der Waals surface area contributed by atoms with Crippen LogP contribution in [-0.4, -0.2) is 22.2 Å². The second-order valence-corrected chi connectivity index (χ2v) is 5.09. The zero-order chi connectivity index (χ0) is 14.9. The summed E-state index contributed by atoms with van der Waals surface area (Å²) in [6, 6.07) is 0. The van der Waals surface area contributed by atoms with E-state index in [2.05, 4.69) is 4.98 Å². The average Bonchev–Trinajstić information content (AvgIpc) is 2.82. The van der Waals surface area contributed by atoms with Crippen molar-refractivity contribution in [3.8, 4) is 0 Å². The molecule has 1 N–H and O–H groups in total. The first kappa shape index (κ1) is 14.9. The molecule has 0 radical (unpaired) electrons. The van der Waals surface area contributed by atoms with Gasteiger partial charge in [-0.25, -0.2) is 9.78 Å². The van der Waals surface area contributed by atoms with Crippen molar-refractivity contribution in [3.05, 3.63) is 17.3 Å². The molecule has 0 amide bonds. The summed E-state index contributed by atoms with van der Waals surface area (Å²) in [5, 5.41) is 8.98. The fourth-order valence-electron chi connectivity index (χ4n) is 2.66. The molecule has 2 rings (SSSR count). The molecule has 1 heterocycles.